The second-order valence-corrected chi connectivity index (χ2v) is 7.51. The first-order chi connectivity index (χ1) is 9.58. The van der Waals surface area contributed by atoms with E-state index in [0.717, 1.165) is 0 Å². The average molecular weight is 294 g/mol. The molecule has 2 N–H and O–H groups in total. The summed E-state index contributed by atoms with van der Waals surface area (Å²) < 4.78 is 0. The first-order valence-corrected chi connectivity index (χ1v) is 7.89. The largest absolute Gasteiger partial charge is 0.380 e. The Balaban J connectivity index is 2.71. The lowest BCUT2D eigenvalue weighted by Gasteiger charge is -2.30. The molecule has 4 nitrogen and oxygen atoms in total. The van der Waals surface area contributed by atoms with Gasteiger partial charge in [0, 0.05) is 13.1 Å². The molecule has 0 aliphatic rings. The summed E-state index contributed by atoms with van der Waals surface area (Å²) in [7, 11) is 0. The monoisotopic (exact) mass is 294 g/mol. The van der Waals surface area contributed by atoms with Crippen LogP contribution in [-0.4, -0.2) is 13.1 Å². The molecule has 0 aliphatic carbocycles. The highest BCUT2D eigenvalue weighted by atomic mass is 16.2. The van der Waals surface area contributed by atoms with E-state index in [1.165, 1.54) is 0 Å². The number of hydrogen-bond acceptors (Lipinski definition) is 4. The normalized spacial score (nSPS) is 14.0. The van der Waals surface area contributed by atoms with Crippen molar-refractivity contribution in [1.29, 1.82) is 0 Å². The summed E-state index contributed by atoms with van der Waals surface area (Å²) in [6.07, 6.45) is 0. The minimum Gasteiger partial charge on any atom is -0.380 e. The Kier molecular flexibility index (Phi) is 5.60. The molecule has 1 atom stereocenters. The van der Waals surface area contributed by atoms with E-state index >= 15 is 0 Å². The van der Waals surface area contributed by atoms with Crippen LogP contribution in [0.4, 0.5) is 11.4 Å². The van der Waals surface area contributed by atoms with Crippen molar-refractivity contribution < 1.29 is 0 Å². The molecule has 0 radical (unpaired) electrons. The molecule has 0 aromatic heterocycles. The third-order valence-corrected chi connectivity index (χ3v) is 4.93. The maximum absolute atomic E-state index is 11.7. The number of anilines is 2. The van der Waals surface area contributed by atoms with E-state index in [0.29, 0.717) is 42.2 Å². The fourth-order valence-corrected chi connectivity index (χ4v) is 1.75. The third kappa shape index (κ3) is 4.08. The highest BCUT2D eigenvalue weighted by Gasteiger charge is 2.26. The molecular weight excluding hydrogens is 264 g/mol. The van der Waals surface area contributed by atoms with E-state index < -0.39 is 10.9 Å². The predicted octanol–water partition coefficient (Wildman–Crippen LogP) is 3.08. The van der Waals surface area contributed by atoms with Gasteiger partial charge in [-0.1, -0.05) is 48.5 Å². The van der Waals surface area contributed by atoms with Crippen LogP contribution in [0.25, 0.3) is 0 Å². The molecule has 0 spiro atoms. The minimum atomic E-state index is -0.394. The highest BCUT2D eigenvalue weighted by molar-refractivity contribution is 5.74. The molecule has 0 amide bonds. The Labute approximate surface area is 128 Å². The SMILES string of the molecule is CC(C)C(C)CNc1c(NCC(C)(C)C(C)C)c(=O)c1=O. The number of nitrogens with one attached hydrogen (secondary N) is 2. The summed E-state index contributed by atoms with van der Waals surface area (Å²) >= 11 is 0. The van der Waals surface area contributed by atoms with Crippen molar-refractivity contribution in [2.75, 3.05) is 23.7 Å². The van der Waals surface area contributed by atoms with Crippen LogP contribution in [0.1, 0.15) is 48.5 Å². The van der Waals surface area contributed by atoms with Gasteiger partial charge in [-0.25, -0.2) is 0 Å². The van der Waals surface area contributed by atoms with Crippen molar-refractivity contribution in [2.24, 2.45) is 23.2 Å². The molecule has 1 aromatic rings. The van der Waals surface area contributed by atoms with Gasteiger partial charge in [0.1, 0.15) is 11.4 Å². The maximum Gasteiger partial charge on any atom is 0.253 e. The molecule has 0 aliphatic heterocycles. The van der Waals surface area contributed by atoms with E-state index in [1.807, 2.05) is 0 Å². The van der Waals surface area contributed by atoms with Crippen LogP contribution in [0, 0.1) is 23.2 Å². The molecular formula is C17H30N2O2. The molecule has 21 heavy (non-hydrogen) atoms. The van der Waals surface area contributed by atoms with Crippen LogP contribution in [0.3, 0.4) is 0 Å². The van der Waals surface area contributed by atoms with Crippen molar-refractivity contribution in [3.05, 3.63) is 20.4 Å². The lowest BCUT2D eigenvalue weighted by molar-refractivity contribution is 0.269. The van der Waals surface area contributed by atoms with Gasteiger partial charge in [0.2, 0.25) is 0 Å². The van der Waals surface area contributed by atoms with Gasteiger partial charge in [0.25, 0.3) is 10.9 Å². The average Bonchev–Trinajstić information content (AvgIpc) is 2.40. The summed E-state index contributed by atoms with van der Waals surface area (Å²) in [5.74, 6) is 1.49. The summed E-state index contributed by atoms with van der Waals surface area (Å²) in [4.78, 5) is 23.4. The van der Waals surface area contributed by atoms with Crippen molar-refractivity contribution in [2.45, 2.75) is 48.5 Å². The molecule has 1 unspecified atom stereocenters. The molecule has 120 valence electrons. The van der Waals surface area contributed by atoms with Crippen LogP contribution in [-0.2, 0) is 0 Å². The van der Waals surface area contributed by atoms with E-state index in [9.17, 15) is 9.59 Å². The predicted molar refractivity (Wildman–Crippen MR) is 91.0 cm³/mol. The molecule has 0 saturated heterocycles. The van der Waals surface area contributed by atoms with Gasteiger partial charge in [-0.15, -0.1) is 0 Å². The lowest BCUT2D eigenvalue weighted by Crippen LogP contribution is -2.40. The van der Waals surface area contributed by atoms with Crippen LogP contribution < -0.4 is 21.5 Å². The van der Waals surface area contributed by atoms with Crippen LogP contribution in [0.5, 0.6) is 0 Å². The quantitative estimate of drug-likeness (QED) is 0.723. The summed E-state index contributed by atoms with van der Waals surface area (Å²) in [6, 6.07) is 0. The third-order valence-electron chi connectivity index (χ3n) is 4.93. The van der Waals surface area contributed by atoms with E-state index in [4.69, 9.17) is 0 Å². The zero-order valence-electron chi connectivity index (χ0n) is 14.5. The van der Waals surface area contributed by atoms with Crippen LogP contribution >= 0.6 is 0 Å². The Morgan fingerprint density at radius 3 is 1.81 bits per heavy atom. The Morgan fingerprint density at radius 1 is 0.905 bits per heavy atom. The van der Waals surface area contributed by atoms with Crippen molar-refractivity contribution >= 4 is 11.4 Å². The molecule has 1 rings (SSSR count). The van der Waals surface area contributed by atoms with Gasteiger partial charge < -0.3 is 10.6 Å². The zero-order valence-corrected chi connectivity index (χ0v) is 14.5. The zero-order chi connectivity index (χ0) is 16.4. The summed E-state index contributed by atoms with van der Waals surface area (Å²) in [5.41, 5.74) is 0.212. The molecule has 0 heterocycles. The van der Waals surface area contributed by atoms with Gasteiger partial charge in [0.05, 0.1) is 0 Å². The fourth-order valence-electron chi connectivity index (χ4n) is 1.75. The smallest absolute Gasteiger partial charge is 0.253 e. The maximum atomic E-state index is 11.7. The number of rotatable bonds is 8. The van der Waals surface area contributed by atoms with E-state index in [2.05, 4.69) is 59.1 Å². The Morgan fingerprint density at radius 2 is 1.38 bits per heavy atom. The standard InChI is InChI=1S/C17H30N2O2/c1-10(2)12(5)8-18-13-14(16(21)15(13)20)19-9-17(6,7)11(3)4/h10-12,18-19H,8-9H2,1-7H3. The minimum absolute atomic E-state index is 0.0717. The van der Waals surface area contributed by atoms with Crippen molar-refractivity contribution in [3.8, 4) is 0 Å². The van der Waals surface area contributed by atoms with Gasteiger partial charge >= 0.3 is 0 Å². The first kappa shape index (κ1) is 17.7. The second-order valence-electron chi connectivity index (χ2n) is 7.51. The van der Waals surface area contributed by atoms with E-state index in [-0.39, 0.29) is 5.41 Å². The van der Waals surface area contributed by atoms with Gasteiger partial charge in [0.15, 0.2) is 0 Å². The Bertz CT molecular complexity index is 537. The first-order valence-electron chi connectivity index (χ1n) is 7.89. The number of hydrogen-bond donors (Lipinski definition) is 2. The van der Waals surface area contributed by atoms with Gasteiger partial charge in [-0.2, -0.15) is 0 Å². The molecule has 1 aromatic carbocycles. The summed E-state index contributed by atoms with van der Waals surface area (Å²) in [5, 5.41) is 6.31. The van der Waals surface area contributed by atoms with Crippen molar-refractivity contribution in [1.82, 2.24) is 0 Å². The molecule has 0 saturated carbocycles. The van der Waals surface area contributed by atoms with Gasteiger partial charge in [-0.3, -0.25) is 9.59 Å². The van der Waals surface area contributed by atoms with E-state index in [1.54, 1.807) is 0 Å². The summed E-state index contributed by atoms with van der Waals surface area (Å²) in [6.45, 7) is 16.5. The molecule has 0 bridgehead atoms. The topological polar surface area (TPSA) is 58.2 Å². The van der Waals surface area contributed by atoms with Crippen LogP contribution in [0.2, 0.25) is 0 Å². The molecule has 4 heteroatoms. The fraction of sp³-hybridized carbons (Fsp3) is 0.765. The Hall–Kier alpha value is -1.32. The highest BCUT2D eigenvalue weighted by Crippen LogP contribution is 2.27. The molecule has 0 fully saturated rings. The lowest BCUT2D eigenvalue weighted by atomic mass is 9.81. The van der Waals surface area contributed by atoms with Crippen molar-refractivity contribution in [3.63, 3.8) is 0 Å². The van der Waals surface area contributed by atoms with Crippen LogP contribution in [0.15, 0.2) is 9.59 Å². The van der Waals surface area contributed by atoms with Gasteiger partial charge in [-0.05, 0) is 23.2 Å². The second kappa shape index (κ2) is 6.63.